The molecule has 3 aromatic heterocycles. The highest BCUT2D eigenvalue weighted by Gasteiger charge is 2.33. The Bertz CT molecular complexity index is 1270. The van der Waals surface area contributed by atoms with Crippen LogP contribution in [0, 0.1) is 0 Å². The molecule has 0 aliphatic rings. The number of carbonyl (C=O) groups is 1. The highest BCUT2D eigenvalue weighted by Crippen LogP contribution is 2.30. The van der Waals surface area contributed by atoms with Gasteiger partial charge in [0.05, 0.1) is 5.52 Å². The highest BCUT2D eigenvalue weighted by atomic mass is 19.4. The minimum atomic E-state index is -4.50. The summed E-state index contributed by atoms with van der Waals surface area (Å²) in [5.74, 6) is -0.137. The Kier molecular flexibility index (Phi) is 4.96. The van der Waals surface area contributed by atoms with Crippen molar-refractivity contribution in [3.05, 3.63) is 43.0 Å². The molecule has 0 radical (unpaired) electrons. The molecule has 0 aliphatic heterocycles. The summed E-state index contributed by atoms with van der Waals surface area (Å²) in [5.41, 5.74) is 0.503. The zero-order valence-corrected chi connectivity index (χ0v) is 16.6. The van der Waals surface area contributed by atoms with E-state index in [9.17, 15) is 18.0 Å². The number of rotatable bonds is 5. The molecule has 0 saturated heterocycles. The van der Waals surface area contributed by atoms with Crippen molar-refractivity contribution in [2.24, 2.45) is 0 Å². The number of nitrogens with one attached hydrogen (secondary N) is 3. The maximum atomic E-state index is 12.5. The molecular formula is C20H18F3N7O. The molecule has 4 rings (SSSR count). The number of fused-ring (bicyclic) bond motifs is 2. The van der Waals surface area contributed by atoms with Crippen molar-refractivity contribution in [3.8, 4) is 11.4 Å². The van der Waals surface area contributed by atoms with Gasteiger partial charge in [0.15, 0.2) is 5.82 Å². The number of anilines is 1. The van der Waals surface area contributed by atoms with Crippen molar-refractivity contribution in [2.45, 2.75) is 25.6 Å². The van der Waals surface area contributed by atoms with Crippen molar-refractivity contribution in [2.75, 3.05) is 11.9 Å². The van der Waals surface area contributed by atoms with Crippen LogP contribution in [-0.2, 0) is 4.79 Å². The fraction of sp³-hybridized carbons (Fsp3) is 0.250. The molecule has 0 aliphatic carbocycles. The molecule has 3 heterocycles. The third-order valence-electron chi connectivity index (χ3n) is 4.65. The lowest BCUT2D eigenvalue weighted by Gasteiger charge is -2.26. The summed E-state index contributed by atoms with van der Waals surface area (Å²) in [6, 6.07) is 7.15. The number of amides is 1. The van der Waals surface area contributed by atoms with Crippen LogP contribution < -0.4 is 10.6 Å². The Balaban J connectivity index is 1.74. The van der Waals surface area contributed by atoms with Crippen molar-refractivity contribution < 1.29 is 18.0 Å². The maximum absolute atomic E-state index is 12.5. The largest absolute Gasteiger partial charge is 0.405 e. The van der Waals surface area contributed by atoms with Crippen LogP contribution in [-0.4, -0.2) is 49.1 Å². The lowest BCUT2D eigenvalue weighted by Crippen LogP contribution is -2.50. The van der Waals surface area contributed by atoms with Crippen LogP contribution in [0.15, 0.2) is 43.0 Å². The summed E-state index contributed by atoms with van der Waals surface area (Å²) >= 11 is 0. The number of halogens is 3. The van der Waals surface area contributed by atoms with Gasteiger partial charge in [-0.15, -0.1) is 0 Å². The lowest BCUT2D eigenvalue weighted by atomic mass is 10.0. The molecule has 160 valence electrons. The summed E-state index contributed by atoms with van der Waals surface area (Å²) in [7, 11) is 0. The summed E-state index contributed by atoms with van der Waals surface area (Å²) in [6.45, 7) is 1.55. The number of para-hydroxylation sites is 1. The molecule has 0 atom stereocenters. The minimum absolute atomic E-state index is 0.318. The smallest absolute Gasteiger partial charge is 0.356 e. The van der Waals surface area contributed by atoms with Gasteiger partial charge in [-0.1, -0.05) is 12.1 Å². The predicted octanol–water partition coefficient (Wildman–Crippen LogP) is 3.44. The second-order valence-corrected chi connectivity index (χ2v) is 7.45. The number of benzene rings is 1. The Morgan fingerprint density at radius 3 is 2.68 bits per heavy atom. The third kappa shape index (κ3) is 4.25. The number of nitrogens with zero attached hydrogens (tertiary/aromatic N) is 4. The number of aromatic amines is 1. The monoisotopic (exact) mass is 429 g/mol. The molecule has 0 unspecified atom stereocenters. The first-order valence-electron chi connectivity index (χ1n) is 9.31. The van der Waals surface area contributed by atoms with E-state index in [1.54, 1.807) is 30.6 Å². The topological polar surface area (TPSA) is 108 Å². The van der Waals surface area contributed by atoms with E-state index in [1.165, 1.54) is 20.2 Å². The molecule has 1 amide bonds. The van der Waals surface area contributed by atoms with Crippen LogP contribution in [0.3, 0.4) is 0 Å². The molecular weight excluding hydrogens is 411 g/mol. The van der Waals surface area contributed by atoms with Crippen molar-refractivity contribution in [1.29, 1.82) is 0 Å². The Hall–Kier alpha value is -3.76. The Labute approximate surface area is 174 Å². The zero-order valence-electron chi connectivity index (χ0n) is 16.6. The van der Waals surface area contributed by atoms with Crippen molar-refractivity contribution >= 4 is 33.7 Å². The molecule has 4 aromatic rings. The van der Waals surface area contributed by atoms with Crippen LogP contribution >= 0.6 is 0 Å². The van der Waals surface area contributed by atoms with E-state index in [2.05, 4.69) is 30.2 Å². The Morgan fingerprint density at radius 1 is 1.13 bits per heavy atom. The van der Waals surface area contributed by atoms with Gasteiger partial charge in [0.25, 0.3) is 0 Å². The average molecular weight is 429 g/mol. The fourth-order valence-electron chi connectivity index (χ4n) is 3.09. The van der Waals surface area contributed by atoms with E-state index in [-0.39, 0.29) is 0 Å². The number of hydrogen-bond donors (Lipinski definition) is 3. The molecule has 1 aromatic carbocycles. The second kappa shape index (κ2) is 7.49. The molecule has 0 spiro atoms. The van der Waals surface area contributed by atoms with E-state index >= 15 is 0 Å². The minimum Gasteiger partial charge on any atom is -0.356 e. The van der Waals surface area contributed by atoms with E-state index in [0.717, 1.165) is 0 Å². The number of aromatic nitrogens is 5. The molecule has 0 bridgehead atoms. The first-order valence-corrected chi connectivity index (χ1v) is 9.31. The molecule has 8 nitrogen and oxygen atoms in total. The van der Waals surface area contributed by atoms with Gasteiger partial charge in [-0.2, -0.15) is 13.2 Å². The molecule has 31 heavy (non-hydrogen) atoms. The standard InChI is InChI=1S/C20H18F3N7O/c1-19(2,18(31)26-9-20(21,22)23)30-17-11-5-3-4-6-14(11)28-16(29-17)13-8-25-15-12(13)7-24-10-27-15/h3-8,10H,9H2,1-2H3,(H,26,31)(H,24,25,27)(H,28,29,30). The molecule has 0 saturated carbocycles. The van der Waals surface area contributed by atoms with Crippen LogP contribution in [0.4, 0.5) is 19.0 Å². The van der Waals surface area contributed by atoms with Gasteiger partial charge in [0, 0.05) is 28.7 Å². The quantitative estimate of drug-likeness (QED) is 0.449. The van der Waals surface area contributed by atoms with Crippen molar-refractivity contribution in [3.63, 3.8) is 0 Å². The SMILES string of the molecule is CC(C)(Nc1nc(-c2c[nH]c3ncncc23)nc2ccccc12)C(=O)NCC(F)(F)F. The van der Waals surface area contributed by atoms with Crippen LogP contribution in [0.2, 0.25) is 0 Å². The van der Waals surface area contributed by atoms with Gasteiger partial charge in [0.1, 0.15) is 29.9 Å². The van der Waals surface area contributed by atoms with Gasteiger partial charge >= 0.3 is 6.18 Å². The number of alkyl halides is 3. The third-order valence-corrected chi connectivity index (χ3v) is 4.65. The number of hydrogen-bond acceptors (Lipinski definition) is 6. The van der Waals surface area contributed by atoms with Crippen molar-refractivity contribution in [1.82, 2.24) is 30.2 Å². The first kappa shape index (κ1) is 20.5. The van der Waals surface area contributed by atoms with Crippen LogP contribution in [0.1, 0.15) is 13.8 Å². The van der Waals surface area contributed by atoms with E-state index < -0.39 is 24.2 Å². The summed E-state index contributed by atoms with van der Waals surface area (Å²) < 4.78 is 37.5. The average Bonchev–Trinajstić information content (AvgIpc) is 3.15. The number of H-pyrrole nitrogens is 1. The van der Waals surface area contributed by atoms with Gasteiger partial charge in [0.2, 0.25) is 5.91 Å². The van der Waals surface area contributed by atoms with Gasteiger partial charge in [-0.05, 0) is 26.0 Å². The highest BCUT2D eigenvalue weighted by molar-refractivity contribution is 5.97. The normalized spacial score (nSPS) is 12.3. The van der Waals surface area contributed by atoms with E-state index in [4.69, 9.17) is 0 Å². The van der Waals surface area contributed by atoms with Gasteiger partial charge < -0.3 is 15.6 Å². The summed E-state index contributed by atoms with van der Waals surface area (Å²) in [5, 5.41) is 6.22. The molecule has 11 heteroatoms. The molecule has 3 N–H and O–H groups in total. The van der Waals surface area contributed by atoms with E-state index in [0.29, 0.717) is 39.1 Å². The first-order chi connectivity index (χ1) is 14.6. The van der Waals surface area contributed by atoms with Crippen LogP contribution in [0.5, 0.6) is 0 Å². The van der Waals surface area contributed by atoms with Gasteiger partial charge in [-0.25, -0.2) is 19.9 Å². The predicted molar refractivity (Wildman–Crippen MR) is 109 cm³/mol. The molecule has 0 fully saturated rings. The second-order valence-electron chi connectivity index (χ2n) is 7.45. The summed E-state index contributed by atoms with van der Waals surface area (Å²) in [6.07, 6.45) is 0.250. The Morgan fingerprint density at radius 2 is 1.90 bits per heavy atom. The maximum Gasteiger partial charge on any atom is 0.405 e. The van der Waals surface area contributed by atoms with E-state index in [1.807, 2.05) is 11.4 Å². The number of carbonyl (C=O) groups excluding carboxylic acids is 1. The fourth-order valence-corrected chi connectivity index (χ4v) is 3.09. The van der Waals surface area contributed by atoms with Gasteiger partial charge in [-0.3, -0.25) is 4.79 Å². The van der Waals surface area contributed by atoms with Crippen LogP contribution in [0.25, 0.3) is 33.3 Å². The summed E-state index contributed by atoms with van der Waals surface area (Å²) in [4.78, 5) is 32.8. The zero-order chi connectivity index (χ0) is 22.2. The lowest BCUT2D eigenvalue weighted by molar-refractivity contribution is -0.140.